The lowest BCUT2D eigenvalue weighted by atomic mass is 9.88. The number of hydrogen-bond acceptors (Lipinski definition) is 2. The Morgan fingerprint density at radius 2 is 1.84 bits per heavy atom. The fraction of sp³-hybridized carbons (Fsp3) is 0.647. The van der Waals surface area contributed by atoms with Gasteiger partial charge in [-0.25, -0.2) is 0 Å². The van der Waals surface area contributed by atoms with Crippen molar-refractivity contribution < 1.29 is 0 Å². The average molecular weight is 258 g/mol. The molecule has 1 N–H and O–H groups in total. The molecule has 19 heavy (non-hydrogen) atoms. The summed E-state index contributed by atoms with van der Waals surface area (Å²) in [5.41, 5.74) is 3.13. The van der Waals surface area contributed by atoms with E-state index in [9.17, 15) is 0 Å². The highest BCUT2D eigenvalue weighted by Crippen LogP contribution is 2.22. The van der Waals surface area contributed by atoms with E-state index in [1.165, 1.54) is 51.7 Å². The first-order chi connectivity index (χ1) is 9.31. The first-order valence-electron chi connectivity index (χ1n) is 7.80. The molecule has 2 aliphatic rings. The zero-order valence-corrected chi connectivity index (χ0v) is 12.1. The highest BCUT2D eigenvalue weighted by molar-refractivity contribution is 5.30. The molecule has 1 atom stereocenters. The van der Waals surface area contributed by atoms with Crippen molar-refractivity contribution in [3.05, 3.63) is 35.4 Å². The van der Waals surface area contributed by atoms with Crippen molar-refractivity contribution in [3.8, 4) is 0 Å². The van der Waals surface area contributed by atoms with Crippen LogP contribution in [-0.2, 0) is 12.8 Å². The molecule has 3 rings (SSSR count). The molecule has 1 heterocycles. The predicted molar refractivity (Wildman–Crippen MR) is 80.5 cm³/mol. The number of benzene rings is 1. The van der Waals surface area contributed by atoms with Gasteiger partial charge in [0, 0.05) is 6.04 Å². The molecule has 1 unspecified atom stereocenters. The van der Waals surface area contributed by atoms with Crippen LogP contribution in [0.2, 0.25) is 0 Å². The maximum Gasteiger partial charge on any atom is 0.0111 e. The molecule has 1 fully saturated rings. The Labute approximate surface area is 117 Å². The van der Waals surface area contributed by atoms with Crippen LogP contribution in [0.25, 0.3) is 0 Å². The average Bonchev–Trinajstić information content (AvgIpc) is 2.46. The number of rotatable bonds is 3. The molecule has 1 aliphatic carbocycles. The number of fused-ring (bicyclic) bond motifs is 1. The standard InChI is InChI=1S/C17H26N2/c1-19-10-8-14(9-11-19)13-18-17-7-6-15-4-2-3-5-16(15)12-17/h2-5,14,17-18H,6-13H2,1H3. The van der Waals surface area contributed by atoms with Crippen LogP contribution < -0.4 is 5.32 Å². The first kappa shape index (κ1) is 13.1. The minimum absolute atomic E-state index is 0.703. The normalized spacial score (nSPS) is 25.2. The van der Waals surface area contributed by atoms with E-state index in [2.05, 4.69) is 41.5 Å². The summed E-state index contributed by atoms with van der Waals surface area (Å²) in [5, 5.41) is 3.83. The van der Waals surface area contributed by atoms with Gasteiger partial charge in [0.2, 0.25) is 0 Å². The van der Waals surface area contributed by atoms with Gasteiger partial charge in [-0.3, -0.25) is 0 Å². The van der Waals surface area contributed by atoms with Crippen LogP contribution in [0.3, 0.4) is 0 Å². The first-order valence-corrected chi connectivity index (χ1v) is 7.80. The Bertz CT molecular complexity index is 407. The van der Waals surface area contributed by atoms with E-state index in [-0.39, 0.29) is 0 Å². The molecule has 0 aromatic heterocycles. The van der Waals surface area contributed by atoms with Gasteiger partial charge in [-0.1, -0.05) is 24.3 Å². The molecule has 0 radical (unpaired) electrons. The third kappa shape index (κ3) is 3.37. The number of hydrogen-bond donors (Lipinski definition) is 1. The smallest absolute Gasteiger partial charge is 0.0111 e. The Hall–Kier alpha value is -0.860. The fourth-order valence-electron chi connectivity index (χ4n) is 3.47. The SMILES string of the molecule is CN1CCC(CNC2CCc3ccccc3C2)CC1. The van der Waals surface area contributed by atoms with Gasteiger partial charge in [-0.2, -0.15) is 0 Å². The van der Waals surface area contributed by atoms with Crippen molar-refractivity contribution in [2.24, 2.45) is 5.92 Å². The number of piperidine rings is 1. The Balaban J connectivity index is 1.47. The number of likely N-dealkylation sites (tertiary alicyclic amines) is 1. The zero-order valence-electron chi connectivity index (χ0n) is 12.1. The molecule has 2 heteroatoms. The van der Waals surface area contributed by atoms with Crippen LogP contribution in [-0.4, -0.2) is 37.6 Å². The number of aryl methyl sites for hydroxylation is 1. The van der Waals surface area contributed by atoms with E-state index < -0.39 is 0 Å². The predicted octanol–water partition coefficient (Wildman–Crippen LogP) is 2.48. The van der Waals surface area contributed by atoms with Crippen LogP contribution in [0.15, 0.2) is 24.3 Å². The summed E-state index contributed by atoms with van der Waals surface area (Å²) in [5.74, 6) is 0.897. The fourth-order valence-corrected chi connectivity index (χ4v) is 3.47. The molecule has 1 aromatic rings. The van der Waals surface area contributed by atoms with Crippen molar-refractivity contribution >= 4 is 0 Å². The largest absolute Gasteiger partial charge is 0.313 e. The summed E-state index contributed by atoms with van der Waals surface area (Å²) in [4.78, 5) is 2.45. The summed E-state index contributed by atoms with van der Waals surface area (Å²) in [6, 6.07) is 9.65. The highest BCUT2D eigenvalue weighted by atomic mass is 15.1. The number of nitrogens with one attached hydrogen (secondary N) is 1. The van der Waals surface area contributed by atoms with Gasteiger partial charge in [-0.15, -0.1) is 0 Å². The second-order valence-corrected chi connectivity index (χ2v) is 6.36. The molecule has 2 nitrogen and oxygen atoms in total. The van der Waals surface area contributed by atoms with Crippen LogP contribution in [0.1, 0.15) is 30.4 Å². The summed E-state index contributed by atoms with van der Waals surface area (Å²) < 4.78 is 0. The van der Waals surface area contributed by atoms with Gasteiger partial charge in [0.1, 0.15) is 0 Å². The lowest BCUT2D eigenvalue weighted by Gasteiger charge is -2.31. The third-order valence-electron chi connectivity index (χ3n) is 4.88. The molecule has 1 saturated heterocycles. The summed E-state index contributed by atoms with van der Waals surface area (Å²) in [7, 11) is 2.24. The van der Waals surface area contributed by atoms with Gasteiger partial charge in [0.25, 0.3) is 0 Å². The minimum atomic E-state index is 0.703. The van der Waals surface area contributed by atoms with Crippen LogP contribution in [0.4, 0.5) is 0 Å². The van der Waals surface area contributed by atoms with Gasteiger partial charge in [0.05, 0.1) is 0 Å². The molecule has 104 valence electrons. The molecular formula is C17H26N2. The Morgan fingerprint density at radius 1 is 1.11 bits per heavy atom. The van der Waals surface area contributed by atoms with Crippen molar-refractivity contribution in [2.45, 2.75) is 38.1 Å². The van der Waals surface area contributed by atoms with Gasteiger partial charge in [-0.05, 0) is 75.8 Å². The van der Waals surface area contributed by atoms with E-state index in [1.54, 1.807) is 11.1 Å². The topological polar surface area (TPSA) is 15.3 Å². The van der Waals surface area contributed by atoms with Gasteiger partial charge < -0.3 is 10.2 Å². The quantitative estimate of drug-likeness (QED) is 0.896. The molecule has 1 aromatic carbocycles. The molecule has 0 saturated carbocycles. The maximum atomic E-state index is 3.83. The van der Waals surface area contributed by atoms with Crippen LogP contribution >= 0.6 is 0 Å². The second-order valence-electron chi connectivity index (χ2n) is 6.36. The van der Waals surface area contributed by atoms with Crippen molar-refractivity contribution in [1.29, 1.82) is 0 Å². The van der Waals surface area contributed by atoms with Crippen molar-refractivity contribution in [3.63, 3.8) is 0 Å². The summed E-state index contributed by atoms with van der Waals surface area (Å²) in [6.45, 7) is 3.78. The molecular weight excluding hydrogens is 232 g/mol. The highest BCUT2D eigenvalue weighted by Gasteiger charge is 2.21. The molecule has 0 amide bonds. The lowest BCUT2D eigenvalue weighted by Crippen LogP contribution is -2.40. The summed E-state index contributed by atoms with van der Waals surface area (Å²) in [6.07, 6.45) is 6.52. The molecule has 0 spiro atoms. The van der Waals surface area contributed by atoms with Gasteiger partial charge in [0.15, 0.2) is 0 Å². The van der Waals surface area contributed by atoms with Crippen molar-refractivity contribution in [2.75, 3.05) is 26.7 Å². The second kappa shape index (κ2) is 6.06. The van der Waals surface area contributed by atoms with E-state index in [0.717, 1.165) is 5.92 Å². The lowest BCUT2D eigenvalue weighted by molar-refractivity contribution is 0.211. The van der Waals surface area contributed by atoms with Crippen molar-refractivity contribution in [1.82, 2.24) is 10.2 Å². The zero-order chi connectivity index (χ0) is 13.1. The molecule has 0 bridgehead atoms. The maximum absolute atomic E-state index is 3.83. The van der Waals surface area contributed by atoms with Crippen LogP contribution in [0.5, 0.6) is 0 Å². The third-order valence-corrected chi connectivity index (χ3v) is 4.88. The van der Waals surface area contributed by atoms with Crippen LogP contribution in [0, 0.1) is 5.92 Å². The Morgan fingerprint density at radius 3 is 2.63 bits per heavy atom. The number of nitrogens with zero attached hydrogens (tertiary/aromatic N) is 1. The minimum Gasteiger partial charge on any atom is -0.313 e. The van der Waals surface area contributed by atoms with Gasteiger partial charge >= 0.3 is 0 Å². The monoisotopic (exact) mass is 258 g/mol. The molecule has 1 aliphatic heterocycles. The van der Waals surface area contributed by atoms with E-state index in [4.69, 9.17) is 0 Å². The summed E-state index contributed by atoms with van der Waals surface area (Å²) >= 11 is 0. The Kier molecular flexibility index (Phi) is 4.19. The van der Waals surface area contributed by atoms with E-state index in [0.29, 0.717) is 6.04 Å². The van der Waals surface area contributed by atoms with E-state index in [1.807, 2.05) is 0 Å². The van der Waals surface area contributed by atoms with E-state index >= 15 is 0 Å².